The lowest BCUT2D eigenvalue weighted by atomic mass is 9.99. The lowest BCUT2D eigenvalue weighted by Gasteiger charge is -2.21. The Morgan fingerprint density at radius 1 is 1.44 bits per heavy atom. The van der Waals surface area contributed by atoms with Crippen LogP contribution in [-0.2, 0) is 19.6 Å². The first-order valence-electron chi connectivity index (χ1n) is 7.85. The number of hydrogen-bond acceptors (Lipinski definition) is 5. The van der Waals surface area contributed by atoms with Gasteiger partial charge in [-0.05, 0) is 31.0 Å². The van der Waals surface area contributed by atoms with Crippen molar-refractivity contribution in [3.8, 4) is 5.75 Å². The van der Waals surface area contributed by atoms with Gasteiger partial charge in [0.1, 0.15) is 16.7 Å². The Balaban J connectivity index is 2.36. The van der Waals surface area contributed by atoms with Gasteiger partial charge in [0.15, 0.2) is 0 Å². The Morgan fingerprint density at radius 2 is 2.12 bits per heavy atom. The van der Waals surface area contributed by atoms with Crippen molar-refractivity contribution in [2.24, 2.45) is 11.8 Å². The molecule has 1 saturated heterocycles. The van der Waals surface area contributed by atoms with Gasteiger partial charge in [-0.15, -0.1) is 0 Å². The molecule has 1 aromatic rings. The van der Waals surface area contributed by atoms with Crippen LogP contribution in [-0.4, -0.2) is 56.7 Å². The Bertz CT molecular complexity index is 738. The van der Waals surface area contributed by atoms with E-state index in [1.54, 1.807) is 19.9 Å². The summed E-state index contributed by atoms with van der Waals surface area (Å²) in [5.41, 5.74) is 0. The highest BCUT2D eigenvalue weighted by atomic mass is 35.5. The molecule has 1 aliphatic rings. The van der Waals surface area contributed by atoms with Gasteiger partial charge >= 0.3 is 5.97 Å². The van der Waals surface area contributed by atoms with Crippen LogP contribution in [0, 0.1) is 11.8 Å². The minimum absolute atomic E-state index is 0.0683. The quantitative estimate of drug-likeness (QED) is 0.765. The summed E-state index contributed by atoms with van der Waals surface area (Å²) in [6.45, 7) is 3.85. The fourth-order valence-electron chi connectivity index (χ4n) is 2.85. The number of methoxy groups -OCH3 is 1. The number of carboxylic acids is 1. The lowest BCUT2D eigenvalue weighted by Crippen LogP contribution is -2.31. The maximum absolute atomic E-state index is 13.0. The molecule has 0 bridgehead atoms. The Morgan fingerprint density at radius 3 is 2.68 bits per heavy atom. The van der Waals surface area contributed by atoms with Crippen LogP contribution in [0.2, 0.25) is 5.02 Å². The van der Waals surface area contributed by atoms with E-state index >= 15 is 0 Å². The second-order valence-electron chi connectivity index (χ2n) is 6.22. The summed E-state index contributed by atoms with van der Waals surface area (Å²) < 4.78 is 37.9. The maximum atomic E-state index is 13.0. The smallest absolute Gasteiger partial charge is 0.308 e. The van der Waals surface area contributed by atoms with Gasteiger partial charge in [-0.2, -0.15) is 4.31 Å². The second-order valence-corrected chi connectivity index (χ2v) is 8.56. The number of nitrogens with zero attached hydrogens (tertiary/aromatic N) is 1. The molecule has 2 rings (SSSR count). The minimum Gasteiger partial charge on any atom is -0.487 e. The monoisotopic (exact) mass is 391 g/mol. The van der Waals surface area contributed by atoms with Gasteiger partial charge in [-0.3, -0.25) is 4.79 Å². The standard InChI is InChI=1S/C16H22ClNO6S/c1-10-7-18(8-13(10)16(19)20)25(21,22)15-6-12(17)4-5-14(15)24-11(2)9-23-3/h4-6,10-11,13H,7-9H2,1-3H3,(H,19,20)/t10-,11?,13-/m1/s1. The van der Waals surface area contributed by atoms with Crippen molar-refractivity contribution in [2.45, 2.75) is 24.8 Å². The fraction of sp³-hybridized carbons (Fsp3) is 0.562. The predicted molar refractivity (Wildman–Crippen MR) is 92.5 cm³/mol. The lowest BCUT2D eigenvalue weighted by molar-refractivity contribution is -0.142. The first kappa shape index (κ1) is 20.0. The summed E-state index contributed by atoms with van der Waals surface area (Å²) in [6.07, 6.45) is -0.357. The van der Waals surface area contributed by atoms with Crippen molar-refractivity contribution in [3.05, 3.63) is 23.2 Å². The largest absolute Gasteiger partial charge is 0.487 e. The molecule has 0 spiro atoms. The number of benzene rings is 1. The average Bonchev–Trinajstić information content (AvgIpc) is 2.92. The summed E-state index contributed by atoms with van der Waals surface area (Å²) in [4.78, 5) is 11.2. The molecule has 1 unspecified atom stereocenters. The highest BCUT2D eigenvalue weighted by molar-refractivity contribution is 7.89. The molecular formula is C16H22ClNO6S. The van der Waals surface area contributed by atoms with Crippen LogP contribution in [0.25, 0.3) is 0 Å². The number of hydrogen-bond donors (Lipinski definition) is 1. The summed E-state index contributed by atoms with van der Waals surface area (Å²) in [7, 11) is -2.41. The molecule has 25 heavy (non-hydrogen) atoms. The van der Waals surface area contributed by atoms with E-state index in [1.807, 2.05) is 0 Å². The van der Waals surface area contributed by atoms with E-state index in [0.29, 0.717) is 6.61 Å². The number of carbonyl (C=O) groups is 1. The van der Waals surface area contributed by atoms with Gasteiger partial charge < -0.3 is 14.6 Å². The van der Waals surface area contributed by atoms with Crippen LogP contribution < -0.4 is 4.74 Å². The third-order valence-electron chi connectivity index (χ3n) is 4.15. The summed E-state index contributed by atoms with van der Waals surface area (Å²) in [6, 6.07) is 4.36. The van der Waals surface area contributed by atoms with Crippen LogP contribution in [0.1, 0.15) is 13.8 Å². The van der Waals surface area contributed by atoms with Gasteiger partial charge in [0, 0.05) is 25.2 Å². The molecule has 1 aliphatic heterocycles. The minimum atomic E-state index is -3.93. The molecule has 1 heterocycles. The Labute approximate surface area is 152 Å². The first-order valence-corrected chi connectivity index (χ1v) is 9.66. The summed E-state index contributed by atoms with van der Waals surface area (Å²) in [5.74, 6) is -1.84. The topological polar surface area (TPSA) is 93.1 Å². The van der Waals surface area contributed by atoms with Crippen molar-refractivity contribution in [2.75, 3.05) is 26.8 Å². The van der Waals surface area contributed by atoms with E-state index in [1.165, 1.54) is 23.5 Å². The molecule has 9 heteroatoms. The molecule has 1 fully saturated rings. The number of ether oxygens (including phenoxy) is 2. The Kier molecular flexibility index (Phi) is 6.31. The highest BCUT2D eigenvalue weighted by Gasteiger charge is 2.41. The number of aliphatic carboxylic acids is 1. The van der Waals surface area contributed by atoms with Crippen molar-refractivity contribution < 1.29 is 27.8 Å². The Hall–Kier alpha value is -1.35. The highest BCUT2D eigenvalue weighted by Crippen LogP contribution is 2.34. The van der Waals surface area contributed by atoms with Crippen molar-refractivity contribution >= 4 is 27.6 Å². The van der Waals surface area contributed by atoms with Crippen LogP contribution in [0.5, 0.6) is 5.75 Å². The van der Waals surface area contributed by atoms with Gasteiger partial charge in [-0.25, -0.2) is 8.42 Å². The zero-order valence-electron chi connectivity index (χ0n) is 14.3. The van der Waals surface area contributed by atoms with E-state index in [4.69, 9.17) is 21.1 Å². The average molecular weight is 392 g/mol. The van der Waals surface area contributed by atoms with Crippen LogP contribution in [0.3, 0.4) is 0 Å². The predicted octanol–water partition coefficient (Wildman–Crippen LogP) is 2.09. The van der Waals surface area contributed by atoms with E-state index < -0.39 is 21.9 Å². The maximum Gasteiger partial charge on any atom is 0.308 e. The normalized spacial score (nSPS) is 22.7. The van der Waals surface area contributed by atoms with Gasteiger partial charge in [0.25, 0.3) is 0 Å². The van der Waals surface area contributed by atoms with Gasteiger partial charge in [0.2, 0.25) is 10.0 Å². The van der Waals surface area contributed by atoms with Crippen LogP contribution in [0.4, 0.5) is 0 Å². The van der Waals surface area contributed by atoms with Crippen molar-refractivity contribution in [3.63, 3.8) is 0 Å². The number of sulfonamides is 1. The van der Waals surface area contributed by atoms with E-state index in [9.17, 15) is 18.3 Å². The molecule has 0 amide bonds. The van der Waals surface area contributed by atoms with E-state index in [-0.39, 0.29) is 40.8 Å². The SMILES string of the molecule is COCC(C)Oc1ccc(Cl)cc1S(=O)(=O)N1C[C@@H](C)[C@H](C(=O)O)C1. The third-order valence-corrected chi connectivity index (χ3v) is 6.24. The van der Waals surface area contributed by atoms with Crippen LogP contribution >= 0.6 is 11.6 Å². The molecule has 0 aliphatic carbocycles. The first-order chi connectivity index (χ1) is 11.7. The number of halogens is 1. The molecule has 1 N–H and O–H groups in total. The number of rotatable bonds is 7. The van der Waals surface area contributed by atoms with Crippen LogP contribution in [0.15, 0.2) is 23.1 Å². The molecule has 140 valence electrons. The molecule has 3 atom stereocenters. The number of carboxylic acid groups (broad SMARTS) is 1. The third kappa shape index (κ3) is 4.44. The zero-order valence-corrected chi connectivity index (χ0v) is 15.9. The molecule has 0 radical (unpaired) electrons. The molecular weight excluding hydrogens is 370 g/mol. The second kappa shape index (κ2) is 7.90. The molecule has 0 saturated carbocycles. The van der Waals surface area contributed by atoms with Crippen molar-refractivity contribution in [1.29, 1.82) is 0 Å². The molecule has 1 aromatic carbocycles. The van der Waals surface area contributed by atoms with Crippen molar-refractivity contribution in [1.82, 2.24) is 4.31 Å². The summed E-state index contributed by atoms with van der Waals surface area (Å²) in [5, 5.41) is 9.49. The zero-order chi connectivity index (χ0) is 18.8. The van der Waals surface area contributed by atoms with E-state index in [0.717, 1.165) is 0 Å². The van der Waals surface area contributed by atoms with Gasteiger partial charge in [-0.1, -0.05) is 18.5 Å². The fourth-order valence-corrected chi connectivity index (χ4v) is 4.79. The van der Waals surface area contributed by atoms with Gasteiger partial charge in [0.05, 0.1) is 12.5 Å². The molecule has 0 aromatic heterocycles. The summed E-state index contributed by atoms with van der Waals surface area (Å²) >= 11 is 5.98. The molecule has 7 nitrogen and oxygen atoms in total. The van der Waals surface area contributed by atoms with E-state index in [2.05, 4.69) is 0 Å².